The van der Waals surface area contributed by atoms with Gasteiger partial charge in [-0.1, -0.05) is 44.2 Å². The molecule has 3 aromatic rings. The highest BCUT2D eigenvalue weighted by atomic mass is 16.5. The standard InChI is InChI=1S/C32H39N5O4/c1-41-32(40)21-13-14-22(33-19-21)20-34-30(38)29-31(39)37(28-12-8-7-11-27(28)35-29)26-17-24-15-16-25(18-26)36(24)23-9-5-3-2-4-6-10-23/h7-8,11-14,19,23-26H,2-6,9-10,15-18,20H2,1H3,(H,34,38). The largest absolute Gasteiger partial charge is 0.465 e. The van der Waals surface area contributed by atoms with Crippen LogP contribution in [0.25, 0.3) is 11.0 Å². The van der Waals surface area contributed by atoms with Crippen molar-refractivity contribution in [3.8, 4) is 0 Å². The van der Waals surface area contributed by atoms with Crippen molar-refractivity contribution in [1.82, 2.24) is 24.8 Å². The number of rotatable bonds is 6. The molecule has 2 bridgehead atoms. The first-order chi connectivity index (χ1) is 20.0. The SMILES string of the molecule is COC(=O)c1ccc(CNC(=O)c2nc3ccccc3n(C3CC4CCC(C3)N4C3CCCCCCC3)c2=O)nc1. The van der Waals surface area contributed by atoms with Gasteiger partial charge in [-0.2, -0.15) is 0 Å². The molecule has 216 valence electrons. The summed E-state index contributed by atoms with van der Waals surface area (Å²) in [5.74, 6) is -0.999. The fourth-order valence-electron chi connectivity index (χ4n) is 7.41. The highest BCUT2D eigenvalue weighted by Gasteiger charge is 2.44. The molecule has 1 amide bonds. The first-order valence-corrected chi connectivity index (χ1v) is 15.1. The fourth-order valence-corrected chi connectivity index (χ4v) is 7.41. The molecule has 3 fully saturated rings. The molecule has 9 heteroatoms. The van der Waals surface area contributed by atoms with Crippen LogP contribution >= 0.6 is 0 Å². The van der Waals surface area contributed by atoms with E-state index in [-0.39, 0.29) is 23.8 Å². The van der Waals surface area contributed by atoms with E-state index in [4.69, 9.17) is 4.74 Å². The number of methoxy groups -OCH3 is 1. The monoisotopic (exact) mass is 557 g/mol. The number of pyridine rings is 1. The number of nitrogens with one attached hydrogen (secondary N) is 1. The zero-order chi connectivity index (χ0) is 28.3. The number of hydrogen-bond acceptors (Lipinski definition) is 7. The lowest BCUT2D eigenvalue weighted by atomic mass is 9.89. The number of esters is 1. The maximum atomic E-state index is 13.9. The van der Waals surface area contributed by atoms with Crippen LogP contribution < -0.4 is 10.9 Å². The van der Waals surface area contributed by atoms with Crippen molar-refractivity contribution in [2.75, 3.05) is 7.11 Å². The third kappa shape index (κ3) is 5.64. The number of para-hydroxylation sites is 2. The minimum atomic E-state index is -0.525. The molecule has 6 rings (SSSR count). The van der Waals surface area contributed by atoms with Gasteiger partial charge < -0.3 is 14.6 Å². The van der Waals surface area contributed by atoms with Crippen LogP contribution in [0.3, 0.4) is 0 Å². The Morgan fingerprint density at radius 3 is 2.29 bits per heavy atom. The molecule has 2 atom stereocenters. The number of carbonyl (C=O) groups is 2. The van der Waals surface area contributed by atoms with Gasteiger partial charge in [-0.05, 0) is 62.8 Å². The molecule has 1 N–H and O–H groups in total. The Kier molecular flexibility index (Phi) is 8.14. The highest BCUT2D eigenvalue weighted by molar-refractivity contribution is 5.94. The van der Waals surface area contributed by atoms with Crippen LogP contribution in [-0.2, 0) is 11.3 Å². The molecule has 4 heterocycles. The van der Waals surface area contributed by atoms with Crippen LogP contribution in [-0.4, -0.2) is 56.5 Å². The zero-order valence-electron chi connectivity index (χ0n) is 23.8. The van der Waals surface area contributed by atoms with Crippen molar-refractivity contribution in [2.24, 2.45) is 0 Å². The van der Waals surface area contributed by atoms with Crippen molar-refractivity contribution in [2.45, 2.75) is 101 Å². The maximum absolute atomic E-state index is 13.9. The quantitative estimate of drug-likeness (QED) is 0.435. The molecule has 0 radical (unpaired) electrons. The summed E-state index contributed by atoms with van der Waals surface area (Å²) in [7, 11) is 1.31. The van der Waals surface area contributed by atoms with Crippen LogP contribution in [0.2, 0.25) is 0 Å². The number of hydrogen-bond donors (Lipinski definition) is 1. The molecule has 2 unspecified atom stereocenters. The minimum absolute atomic E-state index is 0.0387. The number of piperidine rings is 1. The van der Waals surface area contributed by atoms with Gasteiger partial charge in [0, 0.05) is 30.4 Å². The Balaban J connectivity index is 1.23. The second kappa shape index (κ2) is 12.1. The lowest BCUT2D eigenvalue weighted by molar-refractivity contribution is 0.0496. The number of aromatic nitrogens is 3. The van der Waals surface area contributed by atoms with Crippen LogP contribution in [0.1, 0.15) is 103 Å². The number of benzene rings is 1. The zero-order valence-corrected chi connectivity index (χ0v) is 23.8. The fraction of sp³-hybridized carbons (Fsp3) is 0.531. The molecule has 2 aliphatic heterocycles. The van der Waals surface area contributed by atoms with E-state index in [1.165, 1.54) is 71.1 Å². The Hall–Kier alpha value is -3.59. The van der Waals surface area contributed by atoms with Gasteiger partial charge in [-0.15, -0.1) is 0 Å². The third-order valence-corrected chi connectivity index (χ3v) is 9.31. The molecule has 0 spiro atoms. The lowest BCUT2D eigenvalue weighted by Crippen LogP contribution is -2.50. The van der Waals surface area contributed by atoms with Crippen LogP contribution in [0.4, 0.5) is 0 Å². The molecule has 1 aromatic carbocycles. The number of fused-ring (bicyclic) bond motifs is 3. The van der Waals surface area contributed by atoms with Gasteiger partial charge in [0.25, 0.3) is 11.5 Å². The topological polar surface area (TPSA) is 106 Å². The summed E-state index contributed by atoms with van der Waals surface area (Å²) in [4.78, 5) is 50.5. The van der Waals surface area contributed by atoms with E-state index in [0.29, 0.717) is 34.9 Å². The predicted octanol–water partition coefficient (Wildman–Crippen LogP) is 4.79. The summed E-state index contributed by atoms with van der Waals surface area (Å²) in [6.07, 6.45) is 14.9. The summed E-state index contributed by atoms with van der Waals surface area (Å²) in [6.45, 7) is 0.109. The average molecular weight is 558 g/mol. The second-order valence-corrected chi connectivity index (χ2v) is 11.8. The number of ether oxygens (including phenoxy) is 1. The Bertz CT molecular complexity index is 1450. The third-order valence-electron chi connectivity index (χ3n) is 9.31. The highest BCUT2D eigenvalue weighted by Crippen LogP contribution is 2.44. The summed E-state index contributed by atoms with van der Waals surface area (Å²) >= 11 is 0. The average Bonchev–Trinajstić information content (AvgIpc) is 3.23. The van der Waals surface area contributed by atoms with Gasteiger partial charge >= 0.3 is 5.97 Å². The summed E-state index contributed by atoms with van der Waals surface area (Å²) < 4.78 is 6.57. The molecule has 1 saturated carbocycles. The smallest absolute Gasteiger partial charge is 0.339 e. The number of carbonyl (C=O) groups excluding carboxylic acids is 2. The van der Waals surface area contributed by atoms with Crippen molar-refractivity contribution < 1.29 is 14.3 Å². The summed E-state index contributed by atoms with van der Waals surface area (Å²) in [6, 6.07) is 12.6. The molecule has 1 aliphatic carbocycles. The van der Waals surface area contributed by atoms with Crippen molar-refractivity contribution in [1.29, 1.82) is 0 Å². The number of amides is 1. The first kappa shape index (κ1) is 27.6. The van der Waals surface area contributed by atoms with Crippen LogP contribution in [0, 0.1) is 0 Å². The Morgan fingerprint density at radius 1 is 0.902 bits per heavy atom. The van der Waals surface area contributed by atoms with Crippen molar-refractivity contribution >= 4 is 22.9 Å². The molecular formula is C32H39N5O4. The van der Waals surface area contributed by atoms with E-state index in [2.05, 4.69) is 20.2 Å². The maximum Gasteiger partial charge on any atom is 0.339 e. The van der Waals surface area contributed by atoms with Gasteiger partial charge in [-0.25, -0.2) is 9.78 Å². The normalized spacial score (nSPS) is 23.6. The van der Waals surface area contributed by atoms with Crippen molar-refractivity contribution in [3.05, 3.63) is 69.9 Å². The van der Waals surface area contributed by atoms with E-state index in [0.717, 1.165) is 18.4 Å². The first-order valence-electron chi connectivity index (χ1n) is 15.1. The van der Waals surface area contributed by atoms with E-state index in [9.17, 15) is 14.4 Å². The molecule has 9 nitrogen and oxygen atoms in total. The van der Waals surface area contributed by atoms with Gasteiger partial charge in [0.15, 0.2) is 5.69 Å². The molecule has 41 heavy (non-hydrogen) atoms. The van der Waals surface area contributed by atoms with Crippen LogP contribution in [0.5, 0.6) is 0 Å². The van der Waals surface area contributed by atoms with E-state index in [1.807, 2.05) is 28.8 Å². The van der Waals surface area contributed by atoms with Crippen molar-refractivity contribution in [3.63, 3.8) is 0 Å². The van der Waals surface area contributed by atoms with Gasteiger partial charge in [0.2, 0.25) is 0 Å². The predicted molar refractivity (Wildman–Crippen MR) is 156 cm³/mol. The summed E-state index contributed by atoms with van der Waals surface area (Å²) in [5, 5.41) is 2.80. The van der Waals surface area contributed by atoms with E-state index in [1.54, 1.807) is 12.1 Å². The van der Waals surface area contributed by atoms with E-state index >= 15 is 0 Å². The Morgan fingerprint density at radius 2 is 1.61 bits per heavy atom. The van der Waals surface area contributed by atoms with Crippen LogP contribution in [0.15, 0.2) is 47.4 Å². The van der Waals surface area contributed by atoms with Gasteiger partial charge in [-0.3, -0.25) is 19.5 Å². The Labute approximate surface area is 240 Å². The second-order valence-electron chi connectivity index (χ2n) is 11.8. The summed E-state index contributed by atoms with van der Waals surface area (Å²) in [5.41, 5.74) is 1.90. The lowest BCUT2D eigenvalue weighted by Gasteiger charge is -2.45. The number of nitrogens with zero attached hydrogens (tertiary/aromatic N) is 4. The molecule has 2 saturated heterocycles. The van der Waals surface area contributed by atoms with E-state index < -0.39 is 11.9 Å². The van der Waals surface area contributed by atoms with Gasteiger partial charge in [0.05, 0.1) is 35.9 Å². The molecule has 3 aliphatic rings. The van der Waals surface area contributed by atoms with Gasteiger partial charge in [0.1, 0.15) is 0 Å². The minimum Gasteiger partial charge on any atom is -0.465 e. The molecular weight excluding hydrogens is 518 g/mol. The molecule has 2 aromatic heterocycles.